The molecule has 0 saturated heterocycles. The van der Waals surface area contributed by atoms with Gasteiger partial charge in [0.1, 0.15) is 19.0 Å². The first-order chi connectivity index (χ1) is 10.8. The zero-order chi connectivity index (χ0) is 15.4. The smallest absolute Gasteiger partial charge is 0.167 e. The predicted octanol–water partition coefficient (Wildman–Crippen LogP) is 3.03. The Hall–Kier alpha value is -2.53. The first kappa shape index (κ1) is 14.4. The van der Waals surface area contributed by atoms with Crippen molar-refractivity contribution in [3.63, 3.8) is 0 Å². The Bertz CT molecular complexity index is 673. The molecule has 0 spiro atoms. The fourth-order valence-electron chi connectivity index (χ4n) is 2.16. The van der Waals surface area contributed by atoms with E-state index < -0.39 is 5.82 Å². The summed E-state index contributed by atoms with van der Waals surface area (Å²) in [5.41, 5.74) is 1.63. The topological polar surface area (TPSA) is 41.9 Å². The number of rotatable bonds is 5. The number of aliphatic hydroxyl groups is 1. The monoisotopic (exact) mass is 301 g/mol. The lowest BCUT2D eigenvalue weighted by molar-refractivity contribution is 0.185. The van der Waals surface area contributed by atoms with Crippen molar-refractivity contribution in [2.45, 2.75) is 6.61 Å². The highest BCUT2D eigenvalue weighted by Gasteiger charge is 2.16. The van der Waals surface area contributed by atoms with Crippen molar-refractivity contribution < 1.29 is 19.0 Å². The highest BCUT2D eigenvalue weighted by molar-refractivity contribution is 5.53. The lowest BCUT2D eigenvalue weighted by atomic mass is 10.2. The maximum absolute atomic E-state index is 14.1. The standard InChI is InChI=1S/C17H16FNO3/c18-16-8-14(19-9-15(10-20)22-12-19)6-7-17(16)21-11-13-4-2-1-3-5-13/h1-9,20H,10-12H2. The van der Waals surface area contributed by atoms with Crippen LogP contribution in [0.2, 0.25) is 0 Å². The molecule has 0 atom stereocenters. The molecule has 0 fully saturated rings. The van der Waals surface area contributed by atoms with Gasteiger partial charge in [-0.1, -0.05) is 30.3 Å². The third-order valence-electron chi connectivity index (χ3n) is 3.33. The Labute approximate surface area is 128 Å². The van der Waals surface area contributed by atoms with Gasteiger partial charge in [0.25, 0.3) is 0 Å². The van der Waals surface area contributed by atoms with Crippen LogP contribution in [0.1, 0.15) is 5.56 Å². The molecule has 0 aliphatic carbocycles. The van der Waals surface area contributed by atoms with Crippen molar-refractivity contribution in [2.75, 3.05) is 18.2 Å². The maximum atomic E-state index is 14.1. The molecule has 22 heavy (non-hydrogen) atoms. The van der Waals surface area contributed by atoms with Gasteiger partial charge in [0, 0.05) is 18.0 Å². The van der Waals surface area contributed by atoms with Crippen molar-refractivity contribution in [2.24, 2.45) is 0 Å². The lowest BCUT2D eigenvalue weighted by Crippen LogP contribution is -2.13. The molecule has 0 amide bonds. The Morgan fingerprint density at radius 1 is 1.18 bits per heavy atom. The van der Waals surface area contributed by atoms with Crippen LogP contribution in [0.15, 0.2) is 60.5 Å². The number of benzene rings is 2. The Morgan fingerprint density at radius 2 is 2.00 bits per heavy atom. The number of anilines is 1. The van der Waals surface area contributed by atoms with E-state index in [1.54, 1.807) is 23.2 Å². The third kappa shape index (κ3) is 3.20. The minimum Gasteiger partial charge on any atom is -0.486 e. The minimum atomic E-state index is -0.431. The normalized spacial score (nSPS) is 13.7. The molecule has 2 aromatic carbocycles. The summed E-state index contributed by atoms with van der Waals surface area (Å²) < 4.78 is 24.9. The zero-order valence-electron chi connectivity index (χ0n) is 11.9. The number of ether oxygens (including phenoxy) is 2. The quantitative estimate of drug-likeness (QED) is 0.922. The molecule has 0 aromatic heterocycles. The van der Waals surface area contributed by atoms with E-state index in [0.717, 1.165) is 5.56 Å². The summed E-state index contributed by atoms with van der Waals surface area (Å²) >= 11 is 0. The second-order valence-corrected chi connectivity index (χ2v) is 4.89. The number of aliphatic hydroxyl groups excluding tert-OH is 1. The van der Waals surface area contributed by atoms with Gasteiger partial charge in [-0.05, 0) is 17.7 Å². The Morgan fingerprint density at radius 3 is 2.68 bits per heavy atom. The molecule has 4 nitrogen and oxygen atoms in total. The second-order valence-electron chi connectivity index (χ2n) is 4.89. The van der Waals surface area contributed by atoms with Gasteiger partial charge in [-0.15, -0.1) is 0 Å². The SMILES string of the molecule is OCC1=CN(c2ccc(OCc3ccccc3)c(F)c2)CO1. The van der Waals surface area contributed by atoms with E-state index in [1.165, 1.54) is 6.07 Å². The predicted molar refractivity (Wildman–Crippen MR) is 80.8 cm³/mol. The molecule has 1 aliphatic rings. The van der Waals surface area contributed by atoms with Crippen LogP contribution in [0, 0.1) is 5.82 Å². The molecule has 1 N–H and O–H groups in total. The molecular weight excluding hydrogens is 285 g/mol. The van der Waals surface area contributed by atoms with E-state index in [1.807, 2.05) is 30.3 Å². The largest absolute Gasteiger partial charge is 0.486 e. The summed E-state index contributed by atoms with van der Waals surface area (Å²) in [6.07, 6.45) is 1.65. The number of hydrogen-bond donors (Lipinski definition) is 1. The van der Waals surface area contributed by atoms with Gasteiger partial charge in [-0.25, -0.2) is 4.39 Å². The summed E-state index contributed by atoms with van der Waals surface area (Å²) in [5, 5.41) is 8.99. The van der Waals surface area contributed by atoms with Crippen LogP contribution >= 0.6 is 0 Å². The fourth-order valence-corrected chi connectivity index (χ4v) is 2.16. The first-order valence-corrected chi connectivity index (χ1v) is 6.93. The average molecular weight is 301 g/mol. The van der Waals surface area contributed by atoms with Crippen LogP contribution in [0.4, 0.5) is 10.1 Å². The van der Waals surface area contributed by atoms with Crippen LogP contribution in [0.3, 0.4) is 0 Å². The number of nitrogens with zero attached hydrogens (tertiary/aromatic N) is 1. The second kappa shape index (κ2) is 6.49. The van der Waals surface area contributed by atoms with Gasteiger partial charge >= 0.3 is 0 Å². The average Bonchev–Trinajstić information content (AvgIpc) is 3.04. The third-order valence-corrected chi connectivity index (χ3v) is 3.33. The van der Waals surface area contributed by atoms with Gasteiger partial charge < -0.3 is 19.5 Å². The molecule has 114 valence electrons. The minimum absolute atomic E-state index is 0.169. The van der Waals surface area contributed by atoms with E-state index in [2.05, 4.69) is 0 Å². The van der Waals surface area contributed by atoms with Crippen molar-refractivity contribution in [1.82, 2.24) is 0 Å². The Balaban J connectivity index is 1.69. The molecule has 0 saturated carbocycles. The molecule has 0 bridgehead atoms. The van der Waals surface area contributed by atoms with E-state index >= 15 is 0 Å². The van der Waals surface area contributed by atoms with Gasteiger partial charge in [0.2, 0.25) is 0 Å². The summed E-state index contributed by atoms with van der Waals surface area (Å²) in [6, 6.07) is 14.3. The summed E-state index contributed by atoms with van der Waals surface area (Å²) in [7, 11) is 0. The van der Waals surface area contributed by atoms with E-state index in [0.29, 0.717) is 18.1 Å². The van der Waals surface area contributed by atoms with E-state index in [4.69, 9.17) is 14.6 Å². The van der Waals surface area contributed by atoms with Crippen molar-refractivity contribution >= 4 is 5.69 Å². The van der Waals surface area contributed by atoms with E-state index in [-0.39, 0.29) is 19.1 Å². The number of halogens is 1. The maximum Gasteiger partial charge on any atom is 0.167 e. The molecule has 2 aromatic rings. The van der Waals surface area contributed by atoms with Crippen LogP contribution in [-0.4, -0.2) is 18.4 Å². The summed E-state index contributed by atoms with van der Waals surface area (Å²) in [4.78, 5) is 1.72. The fraction of sp³-hybridized carbons (Fsp3) is 0.176. The molecular formula is C17H16FNO3. The van der Waals surface area contributed by atoms with Crippen LogP contribution in [0.25, 0.3) is 0 Å². The zero-order valence-corrected chi connectivity index (χ0v) is 11.9. The highest BCUT2D eigenvalue weighted by atomic mass is 19.1. The van der Waals surface area contributed by atoms with Crippen LogP contribution in [0.5, 0.6) is 5.75 Å². The van der Waals surface area contributed by atoms with Crippen molar-refractivity contribution in [3.05, 3.63) is 71.9 Å². The van der Waals surface area contributed by atoms with Gasteiger partial charge in [-0.2, -0.15) is 0 Å². The molecule has 1 aliphatic heterocycles. The summed E-state index contributed by atoms with van der Waals surface area (Å²) in [5.74, 6) is 0.239. The van der Waals surface area contributed by atoms with Crippen LogP contribution < -0.4 is 9.64 Å². The highest BCUT2D eigenvalue weighted by Crippen LogP contribution is 2.27. The molecule has 5 heteroatoms. The van der Waals surface area contributed by atoms with Crippen molar-refractivity contribution in [1.29, 1.82) is 0 Å². The van der Waals surface area contributed by atoms with E-state index in [9.17, 15) is 4.39 Å². The molecule has 1 heterocycles. The van der Waals surface area contributed by atoms with Gasteiger partial charge in [0.05, 0.1) is 0 Å². The number of hydrogen-bond acceptors (Lipinski definition) is 4. The summed E-state index contributed by atoms with van der Waals surface area (Å²) in [6.45, 7) is 0.412. The molecule has 0 radical (unpaired) electrons. The van der Waals surface area contributed by atoms with Crippen molar-refractivity contribution in [3.8, 4) is 5.75 Å². The molecule has 3 rings (SSSR count). The Kier molecular flexibility index (Phi) is 4.25. The van der Waals surface area contributed by atoms with Gasteiger partial charge in [-0.3, -0.25) is 0 Å². The first-order valence-electron chi connectivity index (χ1n) is 6.93. The van der Waals surface area contributed by atoms with Gasteiger partial charge in [0.15, 0.2) is 18.3 Å². The molecule has 0 unspecified atom stereocenters. The lowest BCUT2D eigenvalue weighted by Gasteiger charge is -2.15. The van der Waals surface area contributed by atoms with Crippen LogP contribution in [-0.2, 0) is 11.3 Å².